The number of guanidine groups is 1. The minimum absolute atomic E-state index is 0.0281. The molecular formula is C14H19N3O. The Hall–Kier alpha value is -1.84. The molecule has 0 fully saturated rings. The van der Waals surface area contributed by atoms with Crippen molar-refractivity contribution < 1.29 is 4.79 Å². The Bertz CT molecular complexity index is 469. The van der Waals surface area contributed by atoms with Gasteiger partial charge in [-0.15, -0.1) is 0 Å². The first-order valence-corrected chi connectivity index (χ1v) is 6.31. The van der Waals surface area contributed by atoms with Crippen LogP contribution in [-0.4, -0.2) is 23.8 Å². The van der Waals surface area contributed by atoms with Crippen molar-refractivity contribution in [1.82, 2.24) is 4.90 Å². The summed E-state index contributed by atoms with van der Waals surface area (Å²) in [5.41, 5.74) is 5.93. The van der Waals surface area contributed by atoms with Crippen LogP contribution < -0.4 is 5.73 Å². The molecule has 0 aliphatic carbocycles. The third kappa shape index (κ3) is 1.88. The standard InChI is InChI=1S/C14H19N3O/c1-3-4-10-14(11-8-6-5-7-9-11)12(18)17(2)13(15)16-14/h5-9H,3-4,10H2,1-2H3,(H2,15,16)/t14-/m0/s1. The highest BCUT2D eigenvalue weighted by molar-refractivity contribution is 6.06. The first-order valence-electron chi connectivity index (χ1n) is 6.31. The van der Waals surface area contributed by atoms with Crippen molar-refractivity contribution in [3.63, 3.8) is 0 Å². The number of likely N-dealkylation sites (N-methyl/N-ethyl adjacent to an activating group) is 1. The van der Waals surface area contributed by atoms with Crippen LogP contribution in [0.25, 0.3) is 0 Å². The molecule has 96 valence electrons. The molecule has 0 unspecified atom stereocenters. The van der Waals surface area contributed by atoms with Crippen molar-refractivity contribution >= 4 is 11.9 Å². The fourth-order valence-electron chi connectivity index (χ4n) is 2.34. The molecule has 0 aromatic heterocycles. The highest BCUT2D eigenvalue weighted by Crippen LogP contribution is 2.37. The van der Waals surface area contributed by atoms with E-state index in [1.165, 1.54) is 4.90 Å². The van der Waals surface area contributed by atoms with Gasteiger partial charge in [0.05, 0.1) is 0 Å². The van der Waals surface area contributed by atoms with Crippen molar-refractivity contribution in [3.05, 3.63) is 35.9 Å². The van der Waals surface area contributed by atoms with Gasteiger partial charge in [0, 0.05) is 7.05 Å². The average molecular weight is 245 g/mol. The van der Waals surface area contributed by atoms with E-state index in [0.717, 1.165) is 18.4 Å². The van der Waals surface area contributed by atoms with Gasteiger partial charge < -0.3 is 5.73 Å². The summed E-state index contributed by atoms with van der Waals surface area (Å²) in [4.78, 5) is 18.4. The molecule has 1 aliphatic rings. The zero-order valence-electron chi connectivity index (χ0n) is 10.9. The second-order valence-corrected chi connectivity index (χ2v) is 4.66. The molecule has 0 bridgehead atoms. The van der Waals surface area contributed by atoms with E-state index in [1.54, 1.807) is 7.05 Å². The van der Waals surface area contributed by atoms with Crippen molar-refractivity contribution in [1.29, 1.82) is 0 Å². The summed E-state index contributed by atoms with van der Waals surface area (Å²) in [6.07, 6.45) is 2.68. The monoisotopic (exact) mass is 245 g/mol. The van der Waals surface area contributed by atoms with E-state index in [2.05, 4.69) is 11.9 Å². The lowest BCUT2D eigenvalue weighted by molar-refractivity contribution is -0.130. The largest absolute Gasteiger partial charge is 0.369 e. The van der Waals surface area contributed by atoms with Gasteiger partial charge in [0.25, 0.3) is 5.91 Å². The van der Waals surface area contributed by atoms with Crippen LogP contribution in [-0.2, 0) is 10.3 Å². The summed E-state index contributed by atoms with van der Waals surface area (Å²) >= 11 is 0. The van der Waals surface area contributed by atoms with Crippen LogP contribution in [0.2, 0.25) is 0 Å². The van der Waals surface area contributed by atoms with Gasteiger partial charge in [0.15, 0.2) is 11.5 Å². The van der Waals surface area contributed by atoms with Crippen molar-refractivity contribution in [2.45, 2.75) is 31.7 Å². The summed E-state index contributed by atoms with van der Waals surface area (Å²) in [6, 6.07) is 9.70. The fourth-order valence-corrected chi connectivity index (χ4v) is 2.34. The van der Waals surface area contributed by atoms with Crippen molar-refractivity contribution in [3.8, 4) is 0 Å². The predicted octanol–water partition coefficient (Wildman–Crippen LogP) is 1.86. The number of hydrogen-bond acceptors (Lipinski definition) is 3. The molecule has 4 nitrogen and oxygen atoms in total. The Morgan fingerprint density at radius 3 is 2.50 bits per heavy atom. The lowest BCUT2D eigenvalue weighted by atomic mass is 9.85. The number of aliphatic imine (C=N–C) groups is 1. The van der Waals surface area contributed by atoms with Gasteiger partial charge in [-0.3, -0.25) is 9.69 Å². The highest BCUT2D eigenvalue weighted by Gasteiger charge is 2.47. The maximum absolute atomic E-state index is 12.5. The number of nitrogens with zero attached hydrogens (tertiary/aromatic N) is 2. The minimum Gasteiger partial charge on any atom is -0.369 e. The van der Waals surface area contributed by atoms with Gasteiger partial charge >= 0.3 is 0 Å². The second kappa shape index (κ2) is 4.80. The van der Waals surface area contributed by atoms with Gasteiger partial charge in [-0.25, -0.2) is 4.99 Å². The Balaban J connectivity index is 2.46. The summed E-state index contributed by atoms with van der Waals surface area (Å²) in [7, 11) is 1.68. The van der Waals surface area contributed by atoms with Crippen LogP contribution in [0.5, 0.6) is 0 Å². The molecule has 1 atom stereocenters. The molecule has 2 rings (SSSR count). The van der Waals surface area contributed by atoms with Gasteiger partial charge in [0.1, 0.15) is 0 Å². The van der Waals surface area contributed by atoms with Crippen molar-refractivity contribution in [2.75, 3.05) is 7.05 Å². The number of rotatable bonds is 4. The van der Waals surface area contributed by atoms with Gasteiger partial charge in [-0.05, 0) is 12.0 Å². The first-order chi connectivity index (χ1) is 8.62. The van der Waals surface area contributed by atoms with Crippen LogP contribution in [0.4, 0.5) is 0 Å². The van der Waals surface area contributed by atoms with E-state index in [0.29, 0.717) is 12.4 Å². The van der Waals surface area contributed by atoms with Crippen molar-refractivity contribution in [2.24, 2.45) is 10.7 Å². The van der Waals surface area contributed by atoms with E-state index in [1.807, 2.05) is 30.3 Å². The second-order valence-electron chi connectivity index (χ2n) is 4.66. The van der Waals surface area contributed by atoms with Crippen LogP contribution in [0.15, 0.2) is 35.3 Å². The maximum Gasteiger partial charge on any atom is 0.261 e. The van der Waals surface area contributed by atoms with Crippen LogP contribution >= 0.6 is 0 Å². The lowest BCUT2D eigenvalue weighted by Crippen LogP contribution is -2.40. The Morgan fingerprint density at radius 1 is 1.33 bits per heavy atom. The van der Waals surface area contributed by atoms with Gasteiger partial charge in [0.2, 0.25) is 0 Å². The van der Waals surface area contributed by atoms with E-state index in [9.17, 15) is 4.79 Å². The zero-order valence-corrected chi connectivity index (χ0v) is 10.9. The third-order valence-electron chi connectivity index (χ3n) is 3.45. The smallest absolute Gasteiger partial charge is 0.261 e. The summed E-state index contributed by atoms with van der Waals surface area (Å²) in [5.74, 6) is 0.277. The average Bonchev–Trinajstić information content (AvgIpc) is 2.63. The predicted molar refractivity (Wildman–Crippen MR) is 72.0 cm³/mol. The number of nitrogens with two attached hydrogens (primary N) is 1. The third-order valence-corrected chi connectivity index (χ3v) is 3.45. The number of benzene rings is 1. The lowest BCUT2D eigenvalue weighted by Gasteiger charge is -2.25. The topological polar surface area (TPSA) is 58.7 Å². The molecule has 0 radical (unpaired) electrons. The highest BCUT2D eigenvalue weighted by atomic mass is 16.2. The molecular weight excluding hydrogens is 226 g/mol. The number of hydrogen-bond donors (Lipinski definition) is 1. The van der Waals surface area contributed by atoms with E-state index in [-0.39, 0.29) is 5.91 Å². The molecule has 1 aromatic rings. The number of carbonyl (C=O) groups excluding carboxylic acids is 1. The van der Waals surface area contributed by atoms with Crippen LogP contribution in [0, 0.1) is 0 Å². The normalized spacial score (nSPS) is 23.3. The maximum atomic E-state index is 12.5. The zero-order chi connectivity index (χ0) is 13.2. The molecule has 1 amide bonds. The number of carbonyl (C=O) groups is 1. The van der Waals surface area contributed by atoms with Gasteiger partial charge in [-0.1, -0.05) is 50.1 Å². The summed E-state index contributed by atoms with van der Waals surface area (Å²) in [5, 5.41) is 0. The summed E-state index contributed by atoms with van der Waals surface area (Å²) < 4.78 is 0. The van der Waals surface area contributed by atoms with E-state index in [4.69, 9.17) is 5.73 Å². The number of unbranched alkanes of at least 4 members (excludes halogenated alkanes) is 1. The Kier molecular flexibility index (Phi) is 3.36. The Labute approximate surface area is 108 Å². The summed E-state index contributed by atoms with van der Waals surface area (Å²) in [6.45, 7) is 2.11. The fraction of sp³-hybridized carbons (Fsp3) is 0.429. The SMILES string of the molecule is CCCC[C@@]1(c2ccccc2)N=C(N)N(C)C1=O. The number of amides is 1. The quantitative estimate of drug-likeness (QED) is 0.880. The molecule has 1 aliphatic heterocycles. The molecule has 0 saturated heterocycles. The van der Waals surface area contributed by atoms with Crippen LogP contribution in [0.3, 0.4) is 0 Å². The first kappa shape index (κ1) is 12.6. The molecule has 0 spiro atoms. The van der Waals surface area contributed by atoms with E-state index >= 15 is 0 Å². The molecule has 1 heterocycles. The van der Waals surface area contributed by atoms with Gasteiger partial charge in [-0.2, -0.15) is 0 Å². The molecule has 1 aromatic carbocycles. The molecule has 2 N–H and O–H groups in total. The molecule has 4 heteroatoms. The molecule has 18 heavy (non-hydrogen) atoms. The van der Waals surface area contributed by atoms with E-state index < -0.39 is 5.54 Å². The Morgan fingerprint density at radius 2 is 2.00 bits per heavy atom. The molecule has 0 saturated carbocycles. The van der Waals surface area contributed by atoms with Crippen LogP contribution in [0.1, 0.15) is 31.7 Å². The minimum atomic E-state index is -0.809.